The van der Waals surface area contributed by atoms with E-state index in [0.717, 1.165) is 24.1 Å². The van der Waals surface area contributed by atoms with Crippen LogP contribution in [0.5, 0.6) is 0 Å². The van der Waals surface area contributed by atoms with E-state index in [1.807, 2.05) is 45.0 Å². The third-order valence-electron chi connectivity index (χ3n) is 3.01. The lowest BCUT2D eigenvalue weighted by Crippen LogP contribution is -2.34. The van der Waals surface area contributed by atoms with Gasteiger partial charge in [0.1, 0.15) is 6.42 Å². The maximum atomic E-state index is 11.8. The van der Waals surface area contributed by atoms with Gasteiger partial charge in [0.25, 0.3) is 0 Å². The third kappa shape index (κ3) is 5.12. The van der Waals surface area contributed by atoms with E-state index in [0.29, 0.717) is 0 Å². The number of benzene rings is 1. The minimum absolute atomic E-state index is 0.100. The number of hydrogen-bond acceptors (Lipinski definition) is 2. The van der Waals surface area contributed by atoms with Gasteiger partial charge in [-0.05, 0) is 31.4 Å². The average molecular weight is 262 g/mol. The monoisotopic (exact) mass is 262 g/mol. The molecule has 0 saturated heterocycles. The molecule has 0 fully saturated rings. The lowest BCUT2D eigenvalue weighted by molar-refractivity contribution is -0.127. The van der Waals surface area contributed by atoms with Crippen molar-refractivity contribution in [1.82, 2.24) is 5.32 Å². The highest BCUT2D eigenvalue weighted by Gasteiger charge is 2.12. The molecule has 4 heteroatoms. The summed E-state index contributed by atoms with van der Waals surface area (Å²) in [5.74, 6) is -0.512. The molecule has 4 nitrogen and oxygen atoms in total. The molecule has 2 amide bonds. The fourth-order valence-corrected chi connectivity index (χ4v) is 1.72. The first-order valence-electron chi connectivity index (χ1n) is 6.73. The molecular weight excluding hydrogens is 240 g/mol. The Morgan fingerprint density at radius 2 is 1.84 bits per heavy atom. The molecule has 0 radical (unpaired) electrons. The van der Waals surface area contributed by atoms with Crippen LogP contribution >= 0.6 is 0 Å². The zero-order valence-electron chi connectivity index (χ0n) is 11.8. The van der Waals surface area contributed by atoms with Crippen LogP contribution in [0.4, 0.5) is 5.69 Å². The highest BCUT2D eigenvalue weighted by Crippen LogP contribution is 2.15. The van der Waals surface area contributed by atoms with Crippen LogP contribution in [0.3, 0.4) is 0 Å². The molecular formula is C15H22N2O2. The van der Waals surface area contributed by atoms with Gasteiger partial charge in [-0.25, -0.2) is 0 Å². The molecule has 0 aliphatic carbocycles. The summed E-state index contributed by atoms with van der Waals surface area (Å²) < 4.78 is 0. The molecule has 1 atom stereocenters. The van der Waals surface area contributed by atoms with Gasteiger partial charge in [-0.3, -0.25) is 9.59 Å². The number of rotatable bonds is 6. The Balaban J connectivity index is 2.53. The predicted molar refractivity (Wildman–Crippen MR) is 77.0 cm³/mol. The Hall–Kier alpha value is -1.84. The van der Waals surface area contributed by atoms with Gasteiger partial charge in [-0.2, -0.15) is 0 Å². The van der Waals surface area contributed by atoms with Crippen molar-refractivity contribution in [1.29, 1.82) is 0 Å². The van der Waals surface area contributed by atoms with Gasteiger partial charge in [0.05, 0.1) is 0 Å². The number of para-hydroxylation sites is 1. The van der Waals surface area contributed by atoms with Crippen LogP contribution in [0.15, 0.2) is 24.3 Å². The molecule has 0 aliphatic rings. The first-order chi connectivity index (χ1) is 9.06. The minimum Gasteiger partial charge on any atom is -0.353 e. The normalized spacial score (nSPS) is 11.7. The highest BCUT2D eigenvalue weighted by atomic mass is 16.2. The number of amides is 2. The average Bonchev–Trinajstić information content (AvgIpc) is 2.38. The first kappa shape index (κ1) is 15.2. The Morgan fingerprint density at radius 3 is 2.47 bits per heavy atom. The summed E-state index contributed by atoms with van der Waals surface area (Å²) in [6.07, 6.45) is 1.56. The fourth-order valence-electron chi connectivity index (χ4n) is 1.72. The Bertz CT molecular complexity index is 444. The van der Waals surface area contributed by atoms with Gasteiger partial charge in [-0.15, -0.1) is 0 Å². The van der Waals surface area contributed by atoms with E-state index in [1.54, 1.807) is 0 Å². The molecule has 0 aliphatic heterocycles. The number of nitrogens with one attached hydrogen (secondary N) is 2. The maximum Gasteiger partial charge on any atom is 0.233 e. The minimum atomic E-state index is -0.276. The molecule has 104 valence electrons. The van der Waals surface area contributed by atoms with E-state index >= 15 is 0 Å². The van der Waals surface area contributed by atoms with Crippen molar-refractivity contribution in [2.45, 2.75) is 46.1 Å². The summed E-state index contributed by atoms with van der Waals surface area (Å²) in [4.78, 5) is 23.4. The number of carbonyl (C=O) groups is 2. The quantitative estimate of drug-likeness (QED) is 0.774. The summed E-state index contributed by atoms with van der Waals surface area (Å²) in [6, 6.07) is 7.72. The first-order valence-corrected chi connectivity index (χ1v) is 6.73. The molecule has 2 N–H and O–H groups in total. The lowest BCUT2D eigenvalue weighted by Gasteiger charge is -2.12. The molecule has 0 saturated carbocycles. The van der Waals surface area contributed by atoms with Gasteiger partial charge in [0, 0.05) is 11.7 Å². The van der Waals surface area contributed by atoms with Crippen molar-refractivity contribution in [3.05, 3.63) is 29.8 Å². The van der Waals surface area contributed by atoms with Crippen molar-refractivity contribution >= 4 is 17.5 Å². The summed E-state index contributed by atoms with van der Waals surface area (Å²) >= 11 is 0. The van der Waals surface area contributed by atoms with E-state index in [-0.39, 0.29) is 24.3 Å². The molecule has 0 aromatic heterocycles. The van der Waals surface area contributed by atoms with Gasteiger partial charge in [0.15, 0.2) is 0 Å². The zero-order valence-corrected chi connectivity index (χ0v) is 11.8. The number of carbonyl (C=O) groups excluding carboxylic acids is 2. The summed E-state index contributed by atoms with van der Waals surface area (Å²) in [5, 5.41) is 5.56. The Labute approximate surface area is 114 Å². The van der Waals surface area contributed by atoms with Gasteiger partial charge >= 0.3 is 0 Å². The van der Waals surface area contributed by atoms with Crippen LogP contribution in [0, 0.1) is 0 Å². The van der Waals surface area contributed by atoms with Crippen LogP contribution < -0.4 is 10.6 Å². The zero-order chi connectivity index (χ0) is 14.3. The Kier molecular flexibility index (Phi) is 6.06. The number of aryl methyl sites for hydroxylation is 1. The van der Waals surface area contributed by atoms with Crippen molar-refractivity contribution in [2.24, 2.45) is 0 Å². The number of anilines is 1. The van der Waals surface area contributed by atoms with E-state index < -0.39 is 0 Å². The summed E-state index contributed by atoms with van der Waals surface area (Å²) in [6.45, 7) is 5.94. The van der Waals surface area contributed by atoms with Crippen LogP contribution in [-0.2, 0) is 16.0 Å². The smallest absolute Gasteiger partial charge is 0.233 e. The second kappa shape index (κ2) is 7.56. The molecule has 1 aromatic carbocycles. The molecule has 0 spiro atoms. The summed E-state index contributed by atoms with van der Waals surface area (Å²) in [5.41, 5.74) is 1.85. The van der Waals surface area contributed by atoms with E-state index in [9.17, 15) is 9.59 Å². The van der Waals surface area contributed by atoms with Crippen LogP contribution in [0.1, 0.15) is 39.2 Å². The Morgan fingerprint density at radius 1 is 1.16 bits per heavy atom. The molecule has 0 heterocycles. The van der Waals surface area contributed by atoms with Gasteiger partial charge < -0.3 is 10.6 Å². The van der Waals surface area contributed by atoms with E-state index in [1.165, 1.54) is 0 Å². The third-order valence-corrected chi connectivity index (χ3v) is 3.01. The van der Waals surface area contributed by atoms with Crippen molar-refractivity contribution in [3.8, 4) is 0 Å². The fraction of sp³-hybridized carbons (Fsp3) is 0.467. The molecule has 1 rings (SSSR count). The topological polar surface area (TPSA) is 58.2 Å². The SMILES string of the molecule is CCc1ccccc1NC(=O)CC(=O)NC(C)CC. The maximum absolute atomic E-state index is 11.8. The van der Waals surface area contributed by atoms with Crippen LogP contribution in [0.25, 0.3) is 0 Å². The molecule has 19 heavy (non-hydrogen) atoms. The van der Waals surface area contributed by atoms with Crippen LogP contribution in [0.2, 0.25) is 0 Å². The van der Waals surface area contributed by atoms with Gasteiger partial charge in [-0.1, -0.05) is 32.0 Å². The standard InChI is InChI=1S/C15H22N2O2/c1-4-11(3)16-14(18)10-15(19)17-13-9-7-6-8-12(13)5-2/h6-9,11H,4-5,10H2,1-3H3,(H,16,18)(H,17,19). The van der Waals surface area contributed by atoms with E-state index in [2.05, 4.69) is 10.6 Å². The number of hydrogen-bond donors (Lipinski definition) is 2. The van der Waals surface area contributed by atoms with Crippen molar-refractivity contribution < 1.29 is 9.59 Å². The highest BCUT2D eigenvalue weighted by molar-refractivity contribution is 6.03. The second-order valence-corrected chi connectivity index (χ2v) is 4.61. The van der Waals surface area contributed by atoms with Crippen molar-refractivity contribution in [3.63, 3.8) is 0 Å². The molecule has 1 aromatic rings. The van der Waals surface area contributed by atoms with Crippen molar-refractivity contribution in [2.75, 3.05) is 5.32 Å². The predicted octanol–water partition coefficient (Wildman–Crippen LogP) is 2.49. The molecule has 1 unspecified atom stereocenters. The largest absolute Gasteiger partial charge is 0.353 e. The van der Waals surface area contributed by atoms with Crippen LogP contribution in [-0.4, -0.2) is 17.9 Å². The lowest BCUT2D eigenvalue weighted by atomic mass is 10.1. The summed E-state index contributed by atoms with van der Waals surface area (Å²) in [7, 11) is 0. The second-order valence-electron chi connectivity index (χ2n) is 4.61. The molecule has 0 bridgehead atoms. The van der Waals surface area contributed by atoms with E-state index in [4.69, 9.17) is 0 Å². The van der Waals surface area contributed by atoms with Gasteiger partial charge in [0.2, 0.25) is 11.8 Å².